The number of pyridine rings is 1. The number of likely N-dealkylation sites (tertiary alicyclic amines) is 1. The van der Waals surface area contributed by atoms with Crippen LogP contribution < -0.4 is 0 Å². The fraction of sp³-hybridized carbons (Fsp3) is 0.381. The number of piperidine rings is 1. The molecular formula is C21H21ClN4O. The molecule has 6 heteroatoms. The van der Waals surface area contributed by atoms with Gasteiger partial charge in [0.05, 0.1) is 0 Å². The van der Waals surface area contributed by atoms with Gasteiger partial charge in [0.2, 0.25) is 5.91 Å². The Balaban J connectivity index is 1.32. The number of aromatic nitrogens is 3. The van der Waals surface area contributed by atoms with Crippen molar-refractivity contribution in [1.29, 1.82) is 0 Å². The van der Waals surface area contributed by atoms with Gasteiger partial charge >= 0.3 is 0 Å². The highest BCUT2D eigenvalue weighted by molar-refractivity contribution is 6.31. The molecule has 0 bridgehead atoms. The summed E-state index contributed by atoms with van der Waals surface area (Å²) < 4.78 is 2.04. The first kappa shape index (κ1) is 16.8. The van der Waals surface area contributed by atoms with Crippen LogP contribution in [0.3, 0.4) is 0 Å². The van der Waals surface area contributed by atoms with Crippen LogP contribution in [0.4, 0.5) is 0 Å². The summed E-state index contributed by atoms with van der Waals surface area (Å²) in [7, 11) is 0. The van der Waals surface area contributed by atoms with E-state index in [4.69, 9.17) is 11.6 Å². The van der Waals surface area contributed by atoms with Crippen LogP contribution in [-0.2, 0) is 4.79 Å². The first-order valence-corrected chi connectivity index (χ1v) is 9.93. The minimum absolute atomic E-state index is 0.0683. The Morgan fingerprint density at radius 2 is 1.96 bits per heavy atom. The number of benzene rings is 1. The first-order chi connectivity index (χ1) is 13.2. The standard InChI is InChI=1S/C21H21ClN4O/c22-18-8-2-1-7-15(18)16-12-17(16)21(27)25-10-5-6-14(13-25)20-24-23-19-9-3-4-11-26(19)20/h1-4,7-9,11,14,16-17H,5-6,10,12-13H2. The van der Waals surface area contributed by atoms with Crippen LogP contribution in [0.1, 0.15) is 42.5 Å². The van der Waals surface area contributed by atoms with Crippen LogP contribution in [0, 0.1) is 5.92 Å². The average Bonchev–Trinajstić information content (AvgIpc) is 3.38. The van der Waals surface area contributed by atoms with Crippen LogP contribution >= 0.6 is 11.6 Å². The lowest BCUT2D eigenvalue weighted by atomic mass is 9.96. The van der Waals surface area contributed by atoms with Crippen molar-refractivity contribution in [2.75, 3.05) is 13.1 Å². The highest BCUT2D eigenvalue weighted by Gasteiger charge is 2.47. The third-order valence-corrected chi connectivity index (χ3v) is 6.19. The Labute approximate surface area is 163 Å². The number of carbonyl (C=O) groups excluding carboxylic acids is 1. The molecule has 3 aromatic rings. The summed E-state index contributed by atoms with van der Waals surface area (Å²) in [5.41, 5.74) is 1.96. The largest absolute Gasteiger partial charge is 0.342 e. The summed E-state index contributed by atoms with van der Waals surface area (Å²) >= 11 is 6.32. The molecule has 27 heavy (non-hydrogen) atoms. The van der Waals surface area contributed by atoms with Gasteiger partial charge in [-0.2, -0.15) is 0 Å². The van der Waals surface area contributed by atoms with Gasteiger partial charge in [0.15, 0.2) is 5.65 Å². The first-order valence-electron chi connectivity index (χ1n) is 9.55. The highest BCUT2D eigenvalue weighted by Crippen LogP contribution is 2.50. The van der Waals surface area contributed by atoms with Crippen molar-refractivity contribution in [3.63, 3.8) is 0 Å². The van der Waals surface area contributed by atoms with E-state index < -0.39 is 0 Å². The quantitative estimate of drug-likeness (QED) is 0.692. The maximum absolute atomic E-state index is 13.1. The molecule has 1 saturated heterocycles. The van der Waals surface area contributed by atoms with Crippen molar-refractivity contribution in [3.05, 3.63) is 65.1 Å². The van der Waals surface area contributed by atoms with Gasteiger partial charge in [-0.15, -0.1) is 10.2 Å². The molecule has 1 aliphatic heterocycles. The van der Waals surface area contributed by atoms with Gasteiger partial charge in [-0.3, -0.25) is 9.20 Å². The molecule has 0 radical (unpaired) electrons. The van der Waals surface area contributed by atoms with Crippen molar-refractivity contribution in [2.45, 2.75) is 31.1 Å². The topological polar surface area (TPSA) is 50.5 Å². The van der Waals surface area contributed by atoms with Gasteiger partial charge in [0, 0.05) is 36.1 Å². The zero-order valence-corrected chi connectivity index (χ0v) is 15.7. The Morgan fingerprint density at radius 3 is 2.85 bits per heavy atom. The van der Waals surface area contributed by atoms with Crippen molar-refractivity contribution in [3.8, 4) is 0 Å². The fourth-order valence-electron chi connectivity index (χ4n) is 4.35. The Bertz CT molecular complexity index is 1000. The molecule has 3 heterocycles. The maximum atomic E-state index is 13.1. The number of amides is 1. The SMILES string of the molecule is O=C(C1CC1c1ccccc1Cl)N1CCCC(c2nnc3ccccn23)C1. The summed E-state index contributed by atoms with van der Waals surface area (Å²) in [6.45, 7) is 1.55. The number of hydrogen-bond acceptors (Lipinski definition) is 3. The second-order valence-electron chi connectivity index (χ2n) is 7.58. The van der Waals surface area contributed by atoms with Crippen molar-refractivity contribution in [1.82, 2.24) is 19.5 Å². The van der Waals surface area contributed by atoms with Crippen LogP contribution in [0.2, 0.25) is 5.02 Å². The van der Waals surface area contributed by atoms with Gasteiger partial charge in [0.25, 0.3) is 0 Å². The normalized spacial score (nSPS) is 24.9. The van der Waals surface area contributed by atoms with Gasteiger partial charge < -0.3 is 4.90 Å². The fourth-order valence-corrected chi connectivity index (χ4v) is 4.62. The van der Waals surface area contributed by atoms with Crippen molar-refractivity contribution < 1.29 is 4.79 Å². The van der Waals surface area contributed by atoms with Gasteiger partial charge in [-0.1, -0.05) is 35.9 Å². The van der Waals surface area contributed by atoms with Crippen LogP contribution in [0.25, 0.3) is 5.65 Å². The Hall–Kier alpha value is -2.40. The zero-order chi connectivity index (χ0) is 18.4. The van der Waals surface area contributed by atoms with Gasteiger partial charge in [0.1, 0.15) is 5.82 Å². The average molecular weight is 381 g/mol. The molecule has 138 valence electrons. The smallest absolute Gasteiger partial charge is 0.226 e. The number of halogens is 1. The number of nitrogens with zero attached hydrogens (tertiary/aromatic N) is 4. The van der Waals surface area contributed by atoms with E-state index in [2.05, 4.69) is 10.2 Å². The number of rotatable bonds is 3. The summed E-state index contributed by atoms with van der Waals surface area (Å²) in [4.78, 5) is 15.1. The second kappa shape index (κ2) is 6.64. The molecule has 0 N–H and O–H groups in total. The lowest BCUT2D eigenvalue weighted by molar-refractivity contribution is -0.133. The Morgan fingerprint density at radius 1 is 1.11 bits per heavy atom. The molecule has 3 atom stereocenters. The number of hydrogen-bond donors (Lipinski definition) is 0. The summed E-state index contributed by atoms with van der Waals surface area (Å²) in [5.74, 6) is 1.79. The summed E-state index contributed by atoms with van der Waals surface area (Å²) in [6.07, 6.45) is 4.94. The van der Waals surface area contributed by atoms with Crippen LogP contribution in [0.5, 0.6) is 0 Å². The van der Waals surface area contributed by atoms with E-state index in [-0.39, 0.29) is 23.7 Å². The van der Waals surface area contributed by atoms with Gasteiger partial charge in [-0.25, -0.2) is 0 Å². The predicted molar refractivity (Wildman–Crippen MR) is 104 cm³/mol. The summed E-state index contributed by atoms with van der Waals surface area (Å²) in [6, 6.07) is 13.8. The van der Waals surface area contributed by atoms with E-state index in [1.165, 1.54) is 0 Å². The van der Waals surface area contributed by atoms with E-state index in [0.717, 1.165) is 54.4 Å². The van der Waals surface area contributed by atoms with E-state index >= 15 is 0 Å². The second-order valence-corrected chi connectivity index (χ2v) is 7.99. The predicted octanol–water partition coefficient (Wildman–Crippen LogP) is 3.89. The molecule has 5 nitrogen and oxygen atoms in total. The van der Waals surface area contributed by atoms with Gasteiger partial charge in [-0.05, 0) is 48.9 Å². The zero-order valence-electron chi connectivity index (χ0n) is 15.0. The molecule has 1 amide bonds. The van der Waals surface area contributed by atoms with E-state index in [0.29, 0.717) is 0 Å². The summed E-state index contributed by atoms with van der Waals surface area (Å²) in [5, 5.41) is 9.44. The molecular weight excluding hydrogens is 360 g/mol. The van der Waals surface area contributed by atoms with Crippen LogP contribution in [-0.4, -0.2) is 38.5 Å². The molecule has 1 aromatic carbocycles. The lowest BCUT2D eigenvalue weighted by Crippen LogP contribution is -2.40. The van der Waals surface area contributed by atoms with Crippen molar-refractivity contribution in [2.24, 2.45) is 5.92 Å². The molecule has 1 aliphatic carbocycles. The minimum Gasteiger partial charge on any atom is -0.342 e. The molecule has 2 fully saturated rings. The van der Waals surface area contributed by atoms with E-state index in [1.807, 2.05) is 58.0 Å². The van der Waals surface area contributed by atoms with Crippen molar-refractivity contribution >= 4 is 23.2 Å². The molecule has 2 aliphatic rings. The minimum atomic E-state index is 0.0683. The maximum Gasteiger partial charge on any atom is 0.226 e. The van der Waals surface area contributed by atoms with E-state index in [9.17, 15) is 4.79 Å². The molecule has 5 rings (SSSR count). The highest BCUT2D eigenvalue weighted by atomic mass is 35.5. The number of carbonyl (C=O) groups is 1. The number of fused-ring (bicyclic) bond motifs is 1. The molecule has 2 aromatic heterocycles. The molecule has 0 spiro atoms. The third-order valence-electron chi connectivity index (χ3n) is 5.85. The van der Waals surface area contributed by atoms with Crippen LogP contribution in [0.15, 0.2) is 48.7 Å². The monoisotopic (exact) mass is 380 g/mol. The Kier molecular flexibility index (Phi) is 4.12. The third kappa shape index (κ3) is 3.00. The molecule has 3 unspecified atom stereocenters. The lowest BCUT2D eigenvalue weighted by Gasteiger charge is -2.32. The van der Waals surface area contributed by atoms with E-state index in [1.54, 1.807) is 0 Å². The molecule has 1 saturated carbocycles.